The Kier molecular flexibility index (Phi) is 6.28. The van der Waals surface area contributed by atoms with Crippen LogP contribution in [0.25, 0.3) is 0 Å². The molecule has 10 nitrogen and oxygen atoms in total. The lowest BCUT2D eigenvalue weighted by atomic mass is 9.53. The number of benzene rings is 1. The van der Waals surface area contributed by atoms with E-state index in [1.807, 2.05) is 0 Å². The Morgan fingerprint density at radius 2 is 1.39 bits per heavy atom. The van der Waals surface area contributed by atoms with Gasteiger partial charge in [0.2, 0.25) is 0 Å². The van der Waals surface area contributed by atoms with Gasteiger partial charge in [-0.2, -0.15) is 0 Å². The van der Waals surface area contributed by atoms with E-state index in [0.29, 0.717) is 16.7 Å². The van der Waals surface area contributed by atoms with Gasteiger partial charge in [-0.1, -0.05) is 17.7 Å². The molecule has 0 aromatic heterocycles. The van der Waals surface area contributed by atoms with Crippen LogP contribution in [0.4, 0.5) is 0 Å². The summed E-state index contributed by atoms with van der Waals surface area (Å²) in [5.74, 6) is -5.30. The molecule has 6 atom stereocenters. The molecule has 10 heteroatoms. The van der Waals surface area contributed by atoms with Gasteiger partial charge in [-0.3, -0.25) is 28.8 Å². The highest BCUT2D eigenvalue weighted by molar-refractivity contribution is 6.04. The van der Waals surface area contributed by atoms with E-state index >= 15 is 0 Å². The molecule has 4 aliphatic rings. The molecule has 0 heterocycles. The number of hydrogen-bond donors (Lipinski definition) is 0. The fraction of sp³-hybridized carbons (Fsp3) is 0.429. The minimum atomic E-state index is -0.875. The van der Waals surface area contributed by atoms with Gasteiger partial charge in [0, 0.05) is 58.3 Å². The molecule has 1 saturated carbocycles. The number of ketones is 2. The van der Waals surface area contributed by atoms with Gasteiger partial charge >= 0.3 is 23.9 Å². The van der Waals surface area contributed by atoms with E-state index in [2.05, 4.69) is 0 Å². The molecule has 2 unspecified atom stereocenters. The zero-order chi connectivity index (χ0) is 27.5. The molecule has 198 valence electrons. The first-order chi connectivity index (χ1) is 18.0. The maximum absolute atomic E-state index is 13.5. The molecule has 1 fully saturated rings. The van der Waals surface area contributed by atoms with Gasteiger partial charge in [0.05, 0.1) is 11.5 Å². The number of allylic oxidation sites excluding steroid dienone is 3. The molecule has 5 rings (SSSR count). The number of carbonyl (C=O) groups excluding carboxylic acids is 6. The van der Waals surface area contributed by atoms with Crippen molar-refractivity contribution in [2.75, 3.05) is 0 Å². The van der Waals surface area contributed by atoms with Gasteiger partial charge in [-0.15, -0.1) is 0 Å². The topological polar surface area (TPSA) is 139 Å². The lowest BCUT2D eigenvalue weighted by molar-refractivity contribution is -0.155. The van der Waals surface area contributed by atoms with Crippen LogP contribution in [0.3, 0.4) is 0 Å². The summed E-state index contributed by atoms with van der Waals surface area (Å²) in [5.41, 5.74) is 2.04. The highest BCUT2D eigenvalue weighted by Crippen LogP contribution is 2.61. The van der Waals surface area contributed by atoms with Gasteiger partial charge in [-0.05, 0) is 23.3 Å². The SMILES string of the molecule is CC(=O)OC1=CC=C2C3C1C(=O)C[C@@H](OC(C)=O)[C@@H]3c1ccc(OC(C)=O)c3c1[C@@H]2[C@H](OC(C)=O)CC3=O. The predicted molar refractivity (Wildman–Crippen MR) is 128 cm³/mol. The monoisotopic (exact) mass is 522 g/mol. The number of carbonyl (C=O) groups is 6. The van der Waals surface area contributed by atoms with E-state index in [0.717, 1.165) is 0 Å². The molecule has 0 aliphatic heterocycles. The molecule has 0 N–H and O–H groups in total. The quantitative estimate of drug-likeness (QED) is 0.329. The lowest BCUT2D eigenvalue weighted by Gasteiger charge is -2.52. The first-order valence-electron chi connectivity index (χ1n) is 12.3. The van der Waals surface area contributed by atoms with E-state index in [4.69, 9.17) is 18.9 Å². The van der Waals surface area contributed by atoms with Crippen molar-refractivity contribution >= 4 is 35.4 Å². The van der Waals surface area contributed by atoms with Gasteiger partial charge in [0.1, 0.15) is 29.5 Å². The van der Waals surface area contributed by atoms with Crippen molar-refractivity contribution in [3.8, 4) is 5.75 Å². The van der Waals surface area contributed by atoms with E-state index < -0.39 is 59.8 Å². The molecule has 0 bridgehead atoms. The largest absolute Gasteiger partial charge is 0.461 e. The first-order valence-corrected chi connectivity index (χ1v) is 12.3. The zero-order valence-electron chi connectivity index (χ0n) is 21.3. The van der Waals surface area contributed by atoms with Gasteiger partial charge in [-0.25, -0.2) is 0 Å². The van der Waals surface area contributed by atoms with Gasteiger partial charge in [0.25, 0.3) is 0 Å². The summed E-state index contributed by atoms with van der Waals surface area (Å²) >= 11 is 0. The van der Waals surface area contributed by atoms with Crippen LogP contribution in [0.2, 0.25) is 0 Å². The molecular weight excluding hydrogens is 496 g/mol. The van der Waals surface area contributed by atoms with Crippen LogP contribution in [0, 0.1) is 11.8 Å². The number of hydrogen-bond acceptors (Lipinski definition) is 10. The summed E-state index contributed by atoms with van der Waals surface area (Å²) in [6.45, 7) is 4.98. The molecule has 1 aromatic carbocycles. The summed E-state index contributed by atoms with van der Waals surface area (Å²) < 4.78 is 22.1. The van der Waals surface area contributed by atoms with Crippen molar-refractivity contribution in [2.45, 2.75) is 64.6 Å². The van der Waals surface area contributed by atoms with Crippen molar-refractivity contribution < 1.29 is 47.7 Å². The Bertz CT molecular complexity index is 1370. The zero-order valence-corrected chi connectivity index (χ0v) is 21.3. The van der Waals surface area contributed by atoms with E-state index in [-0.39, 0.29) is 41.5 Å². The molecule has 0 spiro atoms. The summed E-state index contributed by atoms with van der Waals surface area (Å²) in [4.78, 5) is 74.7. The van der Waals surface area contributed by atoms with Crippen LogP contribution in [0.15, 0.2) is 35.6 Å². The molecule has 0 saturated heterocycles. The first kappa shape index (κ1) is 25.6. The molecule has 4 aliphatic carbocycles. The highest BCUT2D eigenvalue weighted by atomic mass is 16.6. The summed E-state index contributed by atoms with van der Waals surface area (Å²) in [6.07, 6.45) is 1.27. The minimum Gasteiger partial charge on any atom is -0.461 e. The van der Waals surface area contributed by atoms with Crippen LogP contribution in [0.1, 0.15) is 73.9 Å². The molecule has 38 heavy (non-hydrogen) atoms. The molecule has 0 radical (unpaired) electrons. The third kappa shape index (κ3) is 4.13. The molecular formula is C28H26O10. The maximum Gasteiger partial charge on any atom is 0.308 e. The van der Waals surface area contributed by atoms with Crippen molar-refractivity contribution in [3.05, 3.63) is 52.3 Å². The smallest absolute Gasteiger partial charge is 0.308 e. The second kappa shape index (κ2) is 9.34. The number of esters is 4. The standard InChI is InChI=1S/C28H26O10/c1-11(29)35-19-7-5-15-24-22(38-14(4)32)10-18(34)28-20(36-12(2)30)8-6-16(26(24)28)23-21(37-13(3)31)9-17(33)27(19)25(15)23/h5-8,21-25,27H,9-10H2,1-4H3/t21-,22-,23+,24+,25?,27?/m1/s1. The average Bonchev–Trinajstić information content (AvgIpc) is 2.79. The number of rotatable bonds is 4. The average molecular weight is 523 g/mol. The maximum atomic E-state index is 13.5. The van der Waals surface area contributed by atoms with E-state index in [9.17, 15) is 28.8 Å². The van der Waals surface area contributed by atoms with Crippen LogP contribution in [0.5, 0.6) is 5.75 Å². The fourth-order valence-corrected chi connectivity index (χ4v) is 6.58. The number of fused-ring (bicyclic) bond motifs is 2. The second-order valence-corrected chi connectivity index (χ2v) is 9.97. The van der Waals surface area contributed by atoms with E-state index in [1.54, 1.807) is 18.2 Å². The molecule has 1 aromatic rings. The van der Waals surface area contributed by atoms with Crippen LogP contribution < -0.4 is 4.74 Å². The van der Waals surface area contributed by atoms with Crippen molar-refractivity contribution in [3.63, 3.8) is 0 Å². The van der Waals surface area contributed by atoms with Gasteiger partial charge in [0.15, 0.2) is 5.78 Å². The highest BCUT2D eigenvalue weighted by Gasteiger charge is 2.58. The van der Waals surface area contributed by atoms with Gasteiger partial charge < -0.3 is 18.9 Å². The summed E-state index contributed by atoms with van der Waals surface area (Å²) in [6, 6.07) is 3.22. The number of ether oxygens (including phenoxy) is 4. The Labute approximate surface area is 217 Å². The Morgan fingerprint density at radius 1 is 0.737 bits per heavy atom. The Hall–Kier alpha value is -4.08. The number of Topliss-reactive ketones (excluding diaryl/α,β-unsaturated/α-hetero) is 2. The van der Waals surface area contributed by atoms with E-state index in [1.165, 1.54) is 33.8 Å². The second-order valence-electron chi connectivity index (χ2n) is 9.97. The Morgan fingerprint density at radius 3 is 2.03 bits per heavy atom. The van der Waals surface area contributed by atoms with Crippen molar-refractivity contribution in [1.29, 1.82) is 0 Å². The molecule has 0 amide bonds. The lowest BCUT2D eigenvalue weighted by Crippen LogP contribution is -2.52. The summed E-state index contributed by atoms with van der Waals surface area (Å²) in [5, 5.41) is 0. The van der Waals surface area contributed by atoms with Crippen LogP contribution >= 0.6 is 0 Å². The van der Waals surface area contributed by atoms with Crippen molar-refractivity contribution in [1.82, 2.24) is 0 Å². The third-order valence-corrected chi connectivity index (χ3v) is 7.48. The van der Waals surface area contributed by atoms with Crippen molar-refractivity contribution in [2.24, 2.45) is 11.8 Å². The third-order valence-electron chi connectivity index (χ3n) is 7.48. The Balaban J connectivity index is 1.80. The summed E-state index contributed by atoms with van der Waals surface area (Å²) in [7, 11) is 0. The van der Waals surface area contributed by atoms with Crippen LogP contribution in [-0.4, -0.2) is 47.7 Å². The van der Waals surface area contributed by atoms with Crippen LogP contribution in [-0.2, 0) is 38.2 Å². The fourth-order valence-electron chi connectivity index (χ4n) is 6.58. The normalized spacial score (nSPS) is 28.6. The minimum absolute atomic E-state index is 0.0889. The predicted octanol–water partition coefficient (Wildman–Crippen LogP) is 2.83.